The number of oxime groups is 1. The summed E-state index contributed by atoms with van der Waals surface area (Å²) in [6.45, 7) is 18.1. The summed E-state index contributed by atoms with van der Waals surface area (Å²) in [7, 11) is 6.31. The molecule has 3 fully saturated rings. The molecule has 34 heteroatoms. The molecular formula is C86H130N14O20. The molecule has 664 valence electrons. The number of nitrogens with two attached hydrogens (primary N) is 2. The summed E-state index contributed by atoms with van der Waals surface area (Å²) in [5.41, 5.74) is 17.6. The number of esters is 1. The maximum Gasteiger partial charge on any atom is 0.329 e. The summed E-state index contributed by atoms with van der Waals surface area (Å²) in [6, 6.07) is 4.42. The van der Waals surface area contributed by atoms with Crippen LogP contribution in [-0.4, -0.2) is 257 Å². The molecular weight excluding hydrogens is 1550 g/mol. The Hall–Kier alpha value is -8.52. The number of amides is 3. The van der Waals surface area contributed by atoms with E-state index >= 15 is 0 Å². The van der Waals surface area contributed by atoms with Gasteiger partial charge in [0.25, 0.3) is 17.7 Å². The molecule has 16 atom stereocenters. The predicted octanol–water partition coefficient (Wildman–Crippen LogP) is 8.28. The highest BCUT2D eigenvalue weighted by molar-refractivity contribution is 6.39. The van der Waals surface area contributed by atoms with Crippen LogP contribution >= 0.6 is 0 Å². The average molecular weight is 1680 g/mol. The van der Waals surface area contributed by atoms with Crippen LogP contribution in [0.1, 0.15) is 163 Å². The number of aliphatic hydroxyl groups is 3. The van der Waals surface area contributed by atoms with Gasteiger partial charge in [0, 0.05) is 104 Å². The molecule has 3 amide bonds. The number of aliphatic hydroxyl groups excluding tert-OH is 2. The minimum Gasteiger partial charge on any atom is -0.460 e. The smallest absolute Gasteiger partial charge is 0.329 e. The first kappa shape index (κ1) is 95.3. The number of carbonyl (C=O) groups is 5. The molecule has 2 bridgehead atoms. The number of rotatable bonds is 35. The largest absolute Gasteiger partial charge is 0.460 e. The molecule has 5 aromatic rings. The van der Waals surface area contributed by atoms with E-state index in [2.05, 4.69) is 48.9 Å². The number of piperidine rings is 1. The predicted molar refractivity (Wildman–Crippen MR) is 448 cm³/mol. The number of ether oxygens (including phenoxy) is 10. The molecule has 7 heterocycles. The number of ketones is 1. The number of aromatic nitrogens is 8. The molecule has 9 N–H and O–H groups in total. The van der Waals surface area contributed by atoms with Gasteiger partial charge in [-0.05, 0) is 144 Å². The van der Waals surface area contributed by atoms with E-state index in [-0.39, 0.29) is 92.4 Å². The number of hydrogen-bond donors (Lipinski definition) is 7. The molecule has 2 saturated heterocycles. The van der Waals surface area contributed by atoms with Crippen molar-refractivity contribution in [2.75, 3.05) is 112 Å². The monoisotopic (exact) mass is 1680 g/mol. The lowest BCUT2D eigenvalue weighted by atomic mass is 9.78. The molecule has 9 rings (SSSR count). The van der Waals surface area contributed by atoms with Gasteiger partial charge in [0.1, 0.15) is 53.4 Å². The lowest BCUT2D eigenvalue weighted by Gasteiger charge is -2.43. The van der Waals surface area contributed by atoms with E-state index < -0.39 is 78.1 Å². The normalized spacial score (nSPS) is 28.2. The number of cyclic esters (lactones) is 1. The Bertz CT molecular complexity index is 4220. The molecule has 4 aliphatic rings. The second-order valence-corrected chi connectivity index (χ2v) is 32.3. The van der Waals surface area contributed by atoms with Crippen molar-refractivity contribution >= 4 is 69.2 Å². The van der Waals surface area contributed by atoms with Crippen LogP contribution in [0, 0.1) is 35.5 Å². The number of carbonyl (C=O) groups excluding carboxylic acids is 5. The first-order chi connectivity index (χ1) is 57.8. The summed E-state index contributed by atoms with van der Waals surface area (Å²) < 4.78 is 68.6. The van der Waals surface area contributed by atoms with Crippen molar-refractivity contribution in [1.29, 1.82) is 0 Å². The molecule has 1 aliphatic carbocycles. The zero-order valence-corrected chi connectivity index (χ0v) is 71.8. The number of unbranched alkanes of at least 4 members (excludes halogenated alkanes) is 1. The van der Waals surface area contributed by atoms with Gasteiger partial charge in [-0.2, -0.15) is 10.1 Å². The number of nitrogens with zero attached hydrogens (tertiary/aromatic N) is 10. The summed E-state index contributed by atoms with van der Waals surface area (Å²) in [5, 5.41) is 59.9. The van der Waals surface area contributed by atoms with Crippen LogP contribution in [0.4, 0.5) is 11.8 Å². The van der Waals surface area contributed by atoms with Gasteiger partial charge in [0.05, 0.1) is 107 Å². The third-order valence-electron chi connectivity index (χ3n) is 23.2. The highest BCUT2D eigenvalue weighted by Gasteiger charge is 2.53. The second kappa shape index (κ2) is 48.4. The summed E-state index contributed by atoms with van der Waals surface area (Å²) in [4.78, 5) is 89.1. The van der Waals surface area contributed by atoms with Crippen molar-refractivity contribution in [3.05, 3.63) is 84.0 Å². The number of oxazole rings is 1. The molecule has 0 spiro atoms. The van der Waals surface area contributed by atoms with Gasteiger partial charge in [0.2, 0.25) is 17.6 Å². The van der Waals surface area contributed by atoms with Gasteiger partial charge in [-0.15, -0.1) is 5.10 Å². The van der Waals surface area contributed by atoms with Crippen LogP contribution in [0.15, 0.2) is 87.9 Å². The number of fused-ring (bicyclic) bond motifs is 5. The van der Waals surface area contributed by atoms with Crippen LogP contribution in [0.2, 0.25) is 0 Å². The first-order valence-electron chi connectivity index (χ1n) is 42.5. The second-order valence-electron chi connectivity index (χ2n) is 32.3. The van der Waals surface area contributed by atoms with Gasteiger partial charge in [-0.1, -0.05) is 81.4 Å². The highest BCUT2D eigenvalue weighted by atomic mass is 16.6. The molecule has 1 unspecified atom stereocenters. The Kier molecular flexibility index (Phi) is 38.4. The molecule has 120 heavy (non-hydrogen) atoms. The fourth-order valence-corrected chi connectivity index (χ4v) is 16.3. The van der Waals surface area contributed by atoms with Gasteiger partial charge in [-0.3, -0.25) is 19.2 Å². The SMILES string of the molecule is CO[C@H]1C[C@@H]2CC[C@@H](C)[C@@](O)(O2)C(=O)C(=O)N2CCCC[C@H]2C(=O)OC([C@H](C)C[C@@H]2CC[C@@H](O)[C@H](OC)C2)C[C@@H](OC)[C@H](C)/C=C(\C)[C@@H](O)[C@@H](OC)C(=NOCc2cn(CCOCCOCCOCCOCCNC(=O)CCCC(=O)NCCCCn3nc(-c4ccc5oc(N)nc5c4)c4c(N)ncnc43)nn2)[C@H](C)C[C@H](C)/C=C/C=C/C=C/1C. The summed E-state index contributed by atoms with van der Waals surface area (Å²) in [6.07, 6.45) is 17.7. The number of hydrogen-bond acceptors (Lipinski definition) is 29. The van der Waals surface area contributed by atoms with Crippen molar-refractivity contribution in [2.24, 2.45) is 40.7 Å². The van der Waals surface area contributed by atoms with E-state index in [9.17, 15) is 39.3 Å². The topological polar surface area (TPSA) is 440 Å². The highest BCUT2D eigenvalue weighted by Crippen LogP contribution is 2.39. The van der Waals surface area contributed by atoms with Gasteiger partial charge in [-0.25, -0.2) is 24.1 Å². The molecule has 4 aromatic heterocycles. The van der Waals surface area contributed by atoms with Crippen LogP contribution in [0.3, 0.4) is 0 Å². The van der Waals surface area contributed by atoms with E-state index in [1.807, 2.05) is 77.1 Å². The average Bonchev–Trinajstić information content (AvgIpc) is 1.12. The lowest BCUT2D eigenvalue weighted by Crippen LogP contribution is -2.61. The van der Waals surface area contributed by atoms with Gasteiger partial charge < -0.3 is 98.9 Å². The third-order valence-corrected chi connectivity index (χ3v) is 23.2. The van der Waals surface area contributed by atoms with Gasteiger partial charge in [0.15, 0.2) is 17.8 Å². The molecule has 3 aliphatic heterocycles. The minimum atomic E-state index is -2.44. The maximum absolute atomic E-state index is 14.9. The van der Waals surface area contributed by atoms with Crippen LogP contribution in [0.5, 0.6) is 0 Å². The van der Waals surface area contributed by atoms with Crippen molar-refractivity contribution in [2.45, 2.75) is 238 Å². The van der Waals surface area contributed by atoms with Gasteiger partial charge >= 0.3 is 5.97 Å². The van der Waals surface area contributed by atoms with Crippen molar-refractivity contribution in [3.63, 3.8) is 0 Å². The number of anilines is 2. The maximum atomic E-state index is 14.9. The van der Waals surface area contributed by atoms with Crippen molar-refractivity contribution < 1.29 is 95.9 Å². The molecule has 1 aromatic carbocycles. The molecule has 34 nitrogen and oxygen atoms in total. The fourth-order valence-electron chi connectivity index (χ4n) is 16.3. The standard InChI is InChI=1S/C86H130N14O20/c1-54-20-13-12-14-21-55(2)69(109-8)49-64-28-25-60(7)86(108,120-64)80(105)83(106)99-33-17-15-22-66(99)84(107)118-71(57(4)46-61-26-29-67(101)72(47-61)111-10)50-70(110-9)56(3)45-59(6)78(104)79(112-11)76(58(5)44-54)96-117-52-63-51-98(97-94-63)35-37-114-39-41-116-43-42-115-40-38-113-36-32-90-74(103)24-19-23-73(102)89-31-16-18-34-100-82-75(81(87)91-53-92-82)77(95-100)62-27-30-68-65(48-62)93-85(88)119-68/h12-14,20-21,27,30,45,48,51,53-54,56-58,60-61,64,66-67,69-72,78-79,101,104,108H,15-19,22-26,28-29,31-44,46-47,49-50,52H2,1-11H3,(H2,88,93)(H,89,102)(H,90,103)(H2,87,91,92)/b14-12+,20-13+,55-21+,59-45+,96-76?/t54-,56-,57-,58-,60-,61+,64+,66+,67-,69+,70-,71?,72-,78-,79+,86-/m1/s1. The van der Waals surface area contributed by atoms with E-state index in [0.29, 0.717) is 207 Å². The van der Waals surface area contributed by atoms with E-state index in [4.69, 9.17) is 78.3 Å². The number of Topliss-reactive ketones (excluding diaryl/α,β-unsaturated/α-hetero) is 1. The Labute approximate surface area is 703 Å². The number of methoxy groups -OCH3 is 4. The zero-order valence-electron chi connectivity index (χ0n) is 71.8. The number of allylic oxidation sites excluding steroid dienone is 5. The van der Waals surface area contributed by atoms with Crippen molar-refractivity contribution in [1.82, 2.24) is 55.3 Å². The lowest BCUT2D eigenvalue weighted by molar-refractivity contribution is -0.265. The van der Waals surface area contributed by atoms with Crippen molar-refractivity contribution in [3.8, 4) is 11.3 Å². The number of benzene rings is 1. The minimum absolute atomic E-state index is 0.0163. The number of aryl methyl sites for hydroxylation is 1. The first-order valence-corrected chi connectivity index (χ1v) is 42.5. The number of nitrogen functional groups attached to an aromatic ring is 2. The summed E-state index contributed by atoms with van der Waals surface area (Å²) in [5.74, 6) is -6.64. The Morgan fingerprint density at radius 1 is 0.767 bits per heavy atom. The van der Waals surface area contributed by atoms with Crippen LogP contribution in [-0.2, 0) is 95.9 Å². The van der Waals surface area contributed by atoms with E-state index in [1.54, 1.807) is 49.9 Å². The fraction of sp³-hybridized carbons (Fsp3) is 0.674. The molecule has 0 radical (unpaired) electrons. The Balaban J connectivity index is 0.703. The van der Waals surface area contributed by atoms with Crippen LogP contribution < -0.4 is 22.1 Å². The summed E-state index contributed by atoms with van der Waals surface area (Å²) >= 11 is 0. The Morgan fingerprint density at radius 3 is 2.22 bits per heavy atom. The number of nitrogens with one attached hydrogen (secondary N) is 2. The molecule has 1 saturated carbocycles. The third kappa shape index (κ3) is 27.7. The zero-order chi connectivity index (χ0) is 86.3. The van der Waals surface area contributed by atoms with E-state index in [0.717, 1.165) is 17.6 Å². The quantitative estimate of drug-likeness (QED) is 0.00659. The Morgan fingerprint density at radius 2 is 1.49 bits per heavy atom. The van der Waals surface area contributed by atoms with E-state index in [1.165, 1.54) is 18.3 Å². The van der Waals surface area contributed by atoms with Crippen LogP contribution in [0.25, 0.3) is 33.4 Å².